The van der Waals surface area contributed by atoms with Crippen molar-refractivity contribution in [1.82, 2.24) is 0 Å². The Morgan fingerprint density at radius 3 is 2.47 bits per heavy atom. The first-order valence-corrected chi connectivity index (χ1v) is 4.68. The van der Waals surface area contributed by atoms with Gasteiger partial charge in [-0.05, 0) is 5.56 Å². The Labute approximate surface area is 87.5 Å². The normalized spacial score (nSPS) is 20.1. The smallest absolute Gasteiger partial charge is 0.338 e. The predicted octanol–water partition coefficient (Wildman–Crippen LogP) is 0.804. The second-order valence-electron chi connectivity index (χ2n) is 3.44. The standard InChI is InChI=1S/C11H12N2O2/c12-10(13)8-6-9(15-11(8)14)7-4-2-1-3-5-7/h1-5,9H,6,12-13H2. The molecule has 1 unspecified atom stereocenters. The molecule has 0 radical (unpaired) electrons. The van der Waals surface area contributed by atoms with Gasteiger partial charge in [0.05, 0.1) is 5.57 Å². The van der Waals surface area contributed by atoms with E-state index in [1.165, 1.54) is 0 Å². The first-order valence-electron chi connectivity index (χ1n) is 4.68. The van der Waals surface area contributed by atoms with Crippen LogP contribution in [0.5, 0.6) is 0 Å². The number of benzene rings is 1. The number of hydrogen-bond acceptors (Lipinski definition) is 4. The van der Waals surface area contributed by atoms with Gasteiger partial charge in [-0.1, -0.05) is 30.3 Å². The van der Waals surface area contributed by atoms with E-state index in [9.17, 15) is 4.79 Å². The first kappa shape index (κ1) is 9.58. The molecule has 78 valence electrons. The van der Waals surface area contributed by atoms with Crippen molar-refractivity contribution >= 4 is 5.97 Å². The van der Waals surface area contributed by atoms with Gasteiger partial charge in [-0.15, -0.1) is 0 Å². The van der Waals surface area contributed by atoms with Crippen LogP contribution in [0.25, 0.3) is 0 Å². The van der Waals surface area contributed by atoms with Crippen LogP contribution in [0.1, 0.15) is 18.1 Å². The zero-order valence-electron chi connectivity index (χ0n) is 8.14. The number of carbonyl (C=O) groups is 1. The van der Waals surface area contributed by atoms with Gasteiger partial charge in [-0.2, -0.15) is 0 Å². The highest BCUT2D eigenvalue weighted by atomic mass is 16.5. The molecule has 1 saturated heterocycles. The van der Waals surface area contributed by atoms with E-state index in [4.69, 9.17) is 16.2 Å². The van der Waals surface area contributed by atoms with Gasteiger partial charge in [0.1, 0.15) is 11.9 Å². The summed E-state index contributed by atoms with van der Waals surface area (Å²) in [6, 6.07) is 9.53. The molecule has 1 atom stereocenters. The minimum atomic E-state index is -0.413. The summed E-state index contributed by atoms with van der Waals surface area (Å²) in [6.07, 6.45) is 0.196. The van der Waals surface area contributed by atoms with Crippen LogP contribution in [-0.2, 0) is 9.53 Å². The van der Waals surface area contributed by atoms with Crippen molar-refractivity contribution in [2.45, 2.75) is 12.5 Å². The molecule has 1 aliphatic heterocycles. The minimum Gasteiger partial charge on any atom is -0.454 e. The summed E-state index contributed by atoms with van der Waals surface area (Å²) in [5.74, 6) is -0.359. The summed E-state index contributed by atoms with van der Waals surface area (Å²) in [4.78, 5) is 11.4. The summed E-state index contributed by atoms with van der Waals surface area (Å²) >= 11 is 0. The van der Waals surface area contributed by atoms with E-state index in [-0.39, 0.29) is 11.9 Å². The summed E-state index contributed by atoms with van der Waals surface area (Å²) in [5.41, 5.74) is 12.1. The Morgan fingerprint density at radius 1 is 1.27 bits per heavy atom. The molecule has 0 saturated carbocycles. The molecule has 4 nitrogen and oxygen atoms in total. The van der Waals surface area contributed by atoms with Gasteiger partial charge in [-0.25, -0.2) is 4.79 Å². The van der Waals surface area contributed by atoms with Crippen molar-refractivity contribution in [2.24, 2.45) is 11.5 Å². The number of rotatable bonds is 1. The highest BCUT2D eigenvalue weighted by molar-refractivity contribution is 5.91. The van der Waals surface area contributed by atoms with Crippen LogP contribution >= 0.6 is 0 Å². The van der Waals surface area contributed by atoms with Crippen molar-refractivity contribution in [1.29, 1.82) is 0 Å². The van der Waals surface area contributed by atoms with Gasteiger partial charge in [0.2, 0.25) is 0 Å². The molecule has 1 heterocycles. The highest BCUT2D eigenvalue weighted by Gasteiger charge is 2.31. The van der Waals surface area contributed by atoms with Crippen LogP contribution in [0, 0.1) is 0 Å². The van der Waals surface area contributed by atoms with Gasteiger partial charge in [0.15, 0.2) is 0 Å². The Hall–Kier alpha value is -1.97. The maximum absolute atomic E-state index is 11.4. The van der Waals surface area contributed by atoms with Crippen LogP contribution in [0.3, 0.4) is 0 Å². The van der Waals surface area contributed by atoms with Crippen LogP contribution in [-0.4, -0.2) is 5.97 Å². The molecular formula is C11H12N2O2. The monoisotopic (exact) mass is 204 g/mol. The van der Waals surface area contributed by atoms with E-state index in [1.54, 1.807) is 0 Å². The molecule has 0 aliphatic carbocycles. The molecule has 4 N–H and O–H groups in total. The summed E-state index contributed by atoms with van der Waals surface area (Å²) in [6.45, 7) is 0. The number of ether oxygens (including phenoxy) is 1. The third-order valence-corrected chi connectivity index (χ3v) is 2.41. The third kappa shape index (κ3) is 1.79. The topological polar surface area (TPSA) is 78.3 Å². The summed E-state index contributed by atoms with van der Waals surface area (Å²) in [5, 5.41) is 0. The average Bonchev–Trinajstić information content (AvgIpc) is 2.62. The van der Waals surface area contributed by atoms with Crippen LogP contribution < -0.4 is 11.5 Å². The molecule has 1 aromatic rings. The fourth-order valence-corrected chi connectivity index (χ4v) is 1.60. The van der Waals surface area contributed by atoms with Crippen molar-refractivity contribution in [3.05, 3.63) is 47.3 Å². The lowest BCUT2D eigenvalue weighted by Crippen LogP contribution is -2.14. The molecule has 1 aromatic carbocycles. The molecule has 1 aliphatic rings. The first-order chi connectivity index (χ1) is 7.18. The lowest BCUT2D eigenvalue weighted by Gasteiger charge is -2.07. The van der Waals surface area contributed by atoms with E-state index >= 15 is 0 Å². The Morgan fingerprint density at radius 2 is 1.93 bits per heavy atom. The minimum absolute atomic E-state index is 0.0541. The molecule has 0 amide bonds. The number of nitrogens with two attached hydrogens (primary N) is 2. The summed E-state index contributed by atoms with van der Waals surface area (Å²) in [7, 11) is 0. The quantitative estimate of drug-likeness (QED) is 0.524. The molecule has 15 heavy (non-hydrogen) atoms. The van der Waals surface area contributed by atoms with Crippen molar-refractivity contribution in [3.8, 4) is 0 Å². The second kappa shape index (κ2) is 3.65. The fourth-order valence-electron chi connectivity index (χ4n) is 1.60. The van der Waals surface area contributed by atoms with E-state index in [2.05, 4.69) is 0 Å². The van der Waals surface area contributed by atoms with Gasteiger partial charge in [-0.3, -0.25) is 0 Å². The predicted molar refractivity (Wildman–Crippen MR) is 55.3 cm³/mol. The number of hydrogen-bond donors (Lipinski definition) is 2. The number of carbonyl (C=O) groups excluding carboxylic acids is 1. The number of esters is 1. The highest BCUT2D eigenvalue weighted by Crippen LogP contribution is 2.32. The molecule has 0 spiro atoms. The zero-order chi connectivity index (χ0) is 10.8. The van der Waals surface area contributed by atoms with E-state index in [1.807, 2.05) is 30.3 Å². The molecule has 4 heteroatoms. The summed E-state index contributed by atoms with van der Waals surface area (Å²) < 4.78 is 5.16. The van der Waals surface area contributed by atoms with Gasteiger partial charge >= 0.3 is 5.97 Å². The Balaban J connectivity index is 2.24. The molecule has 0 bridgehead atoms. The molecule has 1 fully saturated rings. The van der Waals surface area contributed by atoms with Crippen LogP contribution in [0.2, 0.25) is 0 Å². The SMILES string of the molecule is NC(N)=C1CC(c2ccccc2)OC1=O. The van der Waals surface area contributed by atoms with Crippen molar-refractivity contribution < 1.29 is 9.53 Å². The maximum atomic E-state index is 11.4. The van der Waals surface area contributed by atoms with Crippen LogP contribution in [0.4, 0.5) is 0 Å². The fraction of sp³-hybridized carbons (Fsp3) is 0.182. The maximum Gasteiger partial charge on any atom is 0.338 e. The third-order valence-electron chi connectivity index (χ3n) is 2.41. The molecule has 0 aromatic heterocycles. The van der Waals surface area contributed by atoms with Crippen LogP contribution in [0.15, 0.2) is 41.7 Å². The Kier molecular flexibility index (Phi) is 2.33. The van der Waals surface area contributed by atoms with Gasteiger partial charge in [0.25, 0.3) is 0 Å². The average molecular weight is 204 g/mol. The van der Waals surface area contributed by atoms with E-state index < -0.39 is 5.97 Å². The Bertz CT molecular complexity index is 408. The van der Waals surface area contributed by atoms with Gasteiger partial charge in [0, 0.05) is 6.42 Å². The number of cyclic esters (lactones) is 1. The molecule has 2 rings (SSSR count). The second-order valence-corrected chi connectivity index (χ2v) is 3.44. The largest absolute Gasteiger partial charge is 0.454 e. The van der Waals surface area contributed by atoms with Crippen molar-refractivity contribution in [2.75, 3.05) is 0 Å². The van der Waals surface area contributed by atoms with Crippen molar-refractivity contribution in [3.63, 3.8) is 0 Å². The zero-order valence-corrected chi connectivity index (χ0v) is 8.14. The molecular weight excluding hydrogens is 192 g/mol. The van der Waals surface area contributed by atoms with E-state index in [0.717, 1.165) is 5.56 Å². The lowest BCUT2D eigenvalue weighted by molar-refractivity contribution is -0.139. The van der Waals surface area contributed by atoms with E-state index in [0.29, 0.717) is 12.0 Å². The lowest BCUT2D eigenvalue weighted by atomic mass is 10.0. The van der Waals surface area contributed by atoms with Gasteiger partial charge < -0.3 is 16.2 Å².